The van der Waals surface area contributed by atoms with Gasteiger partial charge in [-0.25, -0.2) is 0 Å². The van der Waals surface area contributed by atoms with Gasteiger partial charge in [0.1, 0.15) is 5.75 Å². The fourth-order valence-electron chi connectivity index (χ4n) is 3.50. The normalized spacial score (nSPS) is 27.7. The predicted molar refractivity (Wildman–Crippen MR) is 78.7 cm³/mol. The maximum atomic E-state index is 12.4. The average molecular weight is 290 g/mol. The molecule has 114 valence electrons. The average Bonchev–Trinajstić information content (AvgIpc) is 2.77. The summed E-state index contributed by atoms with van der Waals surface area (Å²) in [5.41, 5.74) is 6.58. The number of hydrogen-bond donors (Lipinski definition) is 2. The first-order chi connectivity index (χ1) is 10.2. The van der Waals surface area contributed by atoms with E-state index in [0.717, 1.165) is 18.4 Å². The first-order valence-electron chi connectivity index (χ1n) is 7.58. The van der Waals surface area contributed by atoms with E-state index in [1.165, 1.54) is 0 Å². The van der Waals surface area contributed by atoms with Crippen LogP contribution in [0.1, 0.15) is 31.2 Å². The van der Waals surface area contributed by atoms with E-state index in [1.54, 1.807) is 0 Å². The number of carbonyl (C=O) groups excluding carboxylic acids is 1. The van der Waals surface area contributed by atoms with Gasteiger partial charge in [-0.15, -0.1) is 0 Å². The summed E-state index contributed by atoms with van der Waals surface area (Å²) in [5, 5.41) is 9.77. The monoisotopic (exact) mass is 290 g/mol. The molecule has 2 aliphatic rings. The van der Waals surface area contributed by atoms with Gasteiger partial charge in [-0.1, -0.05) is 12.1 Å². The van der Waals surface area contributed by atoms with Gasteiger partial charge < -0.3 is 20.5 Å². The Hall–Kier alpha value is -1.59. The molecule has 1 amide bonds. The van der Waals surface area contributed by atoms with Gasteiger partial charge in [0.2, 0.25) is 0 Å². The number of rotatable bonds is 4. The zero-order chi connectivity index (χ0) is 14.8. The van der Waals surface area contributed by atoms with E-state index in [9.17, 15) is 9.90 Å². The van der Waals surface area contributed by atoms with E-state index in [4.69, 9.17) is 10.5 Å². The Balaban J connectivity index is 1.57. The van der Waals surface area contributed by atoms with Crippen LogP contribution in [0.2, 0.25) is 0 Å². The minimum atomic E-state index is -0.253. The number of nitrogens with zero attached hydrogens (tertiary/aromatic N) is 1. The zero-order valence-electron chi connectivity index (χ0n) is 12.1. The summed E-state index contributed by atoms with van der Waals surface area (Å²) >= 11 is 0. The number of aliphatic hydroxyl groups excluding tert-OH is 1. The van der Waals surface area contributed by atoms with Gasteiger partial charge >= 0.3 is 0 Å². The Morgan fingerprint density at radius 2 is 1.86 bits per heavy atom. The van der Waals surface area contributed by atoms with Crippen LogP contribution in [0.25, 0.3) is 0 Å². The second-order valence-electron chi connectivity index (χ2n) is 5.95. The van der Waals surface area contributed by atoms with Crippen molar-refractivity contribution in [3.63, 3.8) is 0 Å². The third-order valence-electron chi connectivity index (χ3n) is 4.52. The van der Waals surface area contributed by atoms with Crippen molar-refractivity contribution in [2.75, 3.05) is 6.61 Å². The summed E-state index contributed by atoms with van der Waals surface area (Å²) in [6.45, 7) is 0.559. The molecule has 2 aliphatic heterocycles. The maximum absolute atomic E-state index is 12.4. The molecule has 21 heavy (non-hydrogen) atoms. The van der Waals surface area contributed by atoms with E-state index >= 15 is 0 Å². The molecular formula is C16H22N2O3. The first kappa shape index (κ1) is 14.4. The maximum Gasteiger partial charge on any atom is 0.261 e. The lowest BCUT2D eigenvalue weighted by Gasteiger charge is -2.37. The van der Waals surface area contributed by atoms with Crippen LogP contribution in [0, 0.1) is 0 Å². The van der Waals surface area contributed by atoms with Crippen molar-refractivity contribution in [3.05, 3.63) is 29.8 Å². The number of nitrogens with two attached hydrogens (primary N) is 1. The van der Waals surface area contributed by atoms with Crippen molar-refractivity contribution in [1.29, 1.82) is 0 Å². The molecule has 1 aromatic carbocycles. The summed E-state index contributed by atoms with van der Waals surface area (Å²) in [6.07, 6.45) is 3.15. The number of fused-ring (bicyclic) bond motifs is 2. The molecule has 2 bridgehead atoms. The highest BCUT2D eigenvalue weighted by Gasteiger charge is 2.42. The highest BCUT2D eigenvalue weighted by atomic mass is 16.5. The van der Waals surface area contributed by atoms with Gasteiger partial charge in [-0.3, -0.25) is 4.79 Å². The highest BCUT2D eigenvalue weighted by molar-refractivity contribution is 5.79. The number of carbonyl (C=O) groups is 1. The van der Waals surface area contributed by atoms with Crippen LogP contribution in [0.4, 0.5) is 0 Å². The molecule has 0 aromatic heterocycles. The van der Waals surface area contributed by atoms with E-state index in [1.807, 2.05) is 29.2 Å². The molecule has 2 fully saturated rings. The quantitative estimate of drug-likeness (QED) is 0.868. The van der Waals surface area contributed by atoms with E-state index < -0.39 is 0 Å². The lowest BCUT2D eigenvalue weighted by atomic mass is 10.00. The minimum Gasteiger partial charge on any atom is -0.484 e. The Kier molecular flexibility index (Phi) is 4.12. The summed E-state index contributed by atoms with van der Waals surface area (Å²) in [4.78, 5) is 14.3. The number of piperidine rings is 1. The molecule has 3 N–H and O–H groups in total. The molecule has 1 aromatic rings. The van der Waals surface area contributed by atoms with Crippen molar-refractivity contribution in [2.24, 2.45) is 5.73 Å². The van der Waals surface area contributed by atoms with Gasteiger partial charge in [0.05, 0.1) is 6.10 Å². The van der Waals surface area contributed by atoms with Crippen LogP contribution in [-0.4, -0.2) is 40.7 Å². The lowest BCUT2D eigenvalue weighted by Crippen LogP contribution is -2.49. The Morgan fingerprint density at radius 1 is 1.24 bits per heavy atom. The predicted octanol–water partition coefficient (Wildman–Crippen LogP) is 1.04. The molecule has 5 nitrogen and oxygen atoms in total. The van der Waals surface area contributed by atoms with E-state index in [-0.39, 0.29) is 30.7 Å². The molecule has 0 aliphatic carbocycles. The molecule has 0 saturated carbocycles. The standard InChI is InChI=1S/C16H22N2O3/c17-9-11-1-5-15(6-2-11)21-10-16(20)18-12-3-4-13(18)8-14(19)7-12/h1-2,5-6,12-14,19H,3-4,7-10,17H2. The zero-order valence-corrected chi connectivity index (χ0v) is 12.1. The second-order valence-corrected chi connectivity index (χ2v) is 5.95. The minimum absolute atomic E-state index is 0.0253. The Bertz CT molecular complexity index is 489. The van der Waals surface area contributed by atoms with Crippen LogP contribution in [0.5, 0.6) is 5.75 Å². The molecule has 2 atom stereocenters. The van der Waals surface area contributed by atoms with Crippen molar-refractivity contribution < 1.29 is 14.6 Å². The smallest absolute Gasteiger partial charge is 0.261 e. The molecule has 2 unspecified atom stereocenters. The van der Waals surface area contributed by atoms with E-state index in [2.05, 4.69) is 0 Å². The van der Waals surface area contributed by atoms with Crippen molar-refractivity contribution in [3.8, 4) is 5.75 Å². The number of hydrogen-bond acceptors (Lipinski definition) is 4. The van der Waals surface area contributed by atoms with Crippen LogP contribution in [-0.2, 0) is 11.3 Å². The van der Waals surface area contributed by atoms with Crippen molar-refractivity contribution in [2.45, 2.75) is 50.4 Å². The molecule has 2 heterocycles. The first-order valence-corrected chi connectivity index (χ1v) is 7.58. The summed E-state index contributed by atoms with van der Waals surface area (Å²) in [7, 11) is 0. The van der Waals surface area contributed by atoms with Crippen LogP contribution >= 0.6 is 0 Å². The van der Waals surface area contributed by atoms with Gasteiger partial charge in [0, 0.05) is 18.6 Å². The summed E-state index contributed by atoms with van der Waals surface area (Å²) in [5.74, 6) is 0.710. The molecule has 3 rings (SSSR count). The Morgan fingerprint density at radius 3 is 2.43 bits per heavy atom. The third kappa shape index (κ3) is 3.04. The van der Waals surface area contributed by atoms with Gasteiger partial charge in [-0.05, 0) is 43.4 Å². The number of benzene rings is 1. The summed E-state index contributed by atoms with van der Waals surface area (Å²) < 4.78 is 5.58. The molecular weight excluding hydrogens is 268 g/mol. The fourth-order valence-corrected chi connectivity index (χ4v) is 3.50. The van der Waals surface area contributed by atoms with Gasteiger partial charge in [0.25, 0.3) is 5.91 Å². The van der Waals surface area contributed by atoms with Crippen molar-refractivity contribution >= 4 is 5.91 Å². The van der Waals surface area contributed by atoms with Gasteiger partial charge in [0.15, 0.2) is 6.61 Å². The second kappa shape index (κ2) is 6.03. The van der Waals surface area contributed by atoms with Gasteiger partial charge in [-0.2, -0.15) is 0 Å². The van der Waals surface area contributed by atoms with Crippen LogP contribution in [0.3, 0.4) is 0 Å². The molecule has 2 saturated heterocycles. The lowest BCUT2D eigenvalue weighted by molar-refractivity contribution is -0.139. The largest absolute Gasteiger partial charge is 0.484 e. The number of aliphatic hydroxyl groups is 1. The molecule has 0 spiro atoms. The van der Waals surface area contributed by atoms with Crippen LogP contribution < -0.4 is 10.5 Å². The van der Waals surface area contributed by atoms with Crippen molar-refractivity contribution in [1.82, 2.24) is 4.90 Å². The SMILES string of the molecule is NCc1ccc(OCC(=O)N2C3CCC2CC(O)C3)cc1. The fraction of sp³-hybridized carbons (Fsp3) is 0.562. The van der Waals surface area contributed by atoms with Crippen LogP contribution in [0.15, 0.2) is 24.3 Å². The van der Waals surface area contributed by atoms with E-state index in [0.29, 0.717) is 25.1 Å². The topological polar surface area (TPSA) is 75.8 Å². The number of ether oxygens (including phenoxy) is 1. The Labute approximate surface area is 124 Å². The highest BCUT2D eigenvalue weighted by Crippen LogP contribution is 2.35. The summed E-state index contributed by atoms with van der Waals surface area (Å²) in [6, 6.07) is 7.86. The molecule has 0 radical (unpaired) electrons. The number of amides is 1. The third-order valence-corrected chi connectivity index (χ3v) is 4.52. The molecule has 5 heteroatoms.